The molecule has 0 bridgehead atoms. The van der Waals surface area contributed by atoms with Gasteiger partial charge in [0.25, 0.3) is 0 Å². The van der Waals surface area contributed by atoms with Crippen molar-refractivity contribution in [2.45, 2.75) is 38.5 Å². The van der Waals surface area contributed by atoms with E-state index in [4.69, 9.17) is 9.84 Å². The summed E-state index contributed by atoms with van der Waals surface area (Å²) < 4.78 is 5.92. The van der Waals surface area contributed by atoms with Gasteiger partial charge in [0.1, 0.15) is 5.75 Å². The van der Waals surface area contributed by atoms with Crippen LogP contribution in [0.25, 0.3) is 0 Å². The summed E-state index contributed by atoms with van der Waals surface area (Å²) >= 11 is 1.43. The molecule has 32 heavy (non-hydrogen) atoms. The molecule has 0 saturated carbocycles. The average molecular weight is 452 g/mol. The zero-order valence-electron chi connectivity index (χ0n) is 17.8. The third kappa shape index (κ3) is 5.45. The minimum Gasteiger partial charge on any atom is -0.493 e. The third-order valence-electron chi connectivity index (χ3n) is 5.49. The van der Waals surface area contributed by atoms with E-state index in [2.05, 4.69) is 15.6 Å². The topological polar surface area (TPSA) is 101 Å². The number of thiazole rings is 1. The van der Waals surface area contributed by atoms with Crippen LogP contribution >= 0.6 is 11.3 Å². The number of hydrogen-bond acceptors (Lipinski definition) is 5. The largest absolute Gasteiger partial charge is 0.493 e. The highest BCUT2D eigenvalue weighted by molar-refractivity contribution is 7.15. The summed E-state index contributed by atoms with van der Waals surface area (Å²) in [6.07, 6.45) is 2.56. The summed E-state index contributed by atoms with van der Waals surface area (Å²) in [5, 5.41) is 15.2. The zero-order chi connectivity index (χ0) is 22.5. The van der Waals surface area contributed by atoms with Crippen LogP contribution in [0.5, 0.6) is 5.75 Å². The van der Waals surface area contributed by atoms with Gasteiger partial charge < -0.3 is 15.2 Å². The Labute approximate surface area is 190 Å². The van der Waals surface area contributed by atoms with Crippen molar-refractivity contribution >= 4 is 34.2 Å². The molecule has 0 spiro atoms. The molecule has 1 aromatic heterocycles. The summed E-state index contributed by atoms with van der Waals surface area (Å²) in [6, 6.07) is 14.8. The lowest BCUT2D eigenvalue weighted by atomic mass is 9.98. The molecule has 1 aliphatic carbocycles. The number of carboxylic acids is 1. The van der Waals surface area contributed by atoms with E-state index < -0.39 is 5.97 Å². The number of nitrogens with one attached hydrogen (secondary N) is 2. The molecule has 1 atom stereocenters. The molecular formula is C24H25N3O4S. The molecule has 8 heteroatoms. The fourth-order valence-corrected chi connectivity index (χ4v) is 4.81. The highest BCUT2D eigenvalue weighted by Gasteiger charge is 2.24. The molecule has 2 aromatic carbocycles. The minimum absolute atomic E-state index is 0.0965. The molecule has 1 unspecified atom stereocenters. The van der Waals surface area contributed by atoms with Crippen LogP contribution in [0, 0.1) is 6.92 Å². The summed E-state index contributed by atoms with van der Waals surface area (Å²) in [5.74, 6) is 0.126. The number of urea groups is 1. The van der Waals surface area contributed by atoms with E-state index in [1.807, 2.05) is 55.5 Å². The first kappa shape index (κ1) is 21.8. The van der Waals surface area contributed by atoms with Gasteiger partial charge in [0.05, 0.1) is 18.7 Å². The third-order valence-corrected chi connectivity index (χ3v) is 6.42. The van der Waals surface area contributed by atoms with Gasteiger partial charge in [-0.1, -0.05) is 24.3 Å². The van der Waals surface area contributed by atoms with E-state index in [-0.39, 0.29) is 18.4 Å². The number of ether oxygens (including phenoxy) is 1. The first-order valence-corrected chi connectivity index (χ1v) is 11.4. The van der Waals surface area contributed by atoms with Crippen molar-refractivity contribution in [2.75, 3.05) is 17.2 Å². The van der Waals surface area contributed by atoms with E-state index in [0.717, 1.165) is 40.4 Å². The molecule has 7 nitrogen and oxygen atoms in total. The van der Waals surface area contributed by atoms with E-state index >= 15 is 0 Å². The molecule has 4 rings (SSSR count). The lowest BCUT2D eigenvalue weighted by Crippen LogP contribution is -2.19. The number of benzene rings is 2. The Bertz CT molecular complexity index is 1110. The number of nitrogens with zero attached hydrogens (tertiary/aromatic N) is 1. The maximum atomic E-state index is 12.2. The Morgan fingerprint density at radius 3 is 2.78 bits per heavy atom. The van der Waals surface area contributed by atoms with Crippen molar-refractivity contribution in [1.29, 1.82) is 0 Å². The van der Waals surface area contributed by atoms with Crippen LogP contribution in [0.3, 0.4) is 0 Å². The molecule has 166 valence electrons. The molecule has 1 aliphatic rings. The molecule has 3 N–H and O–H groups in total. The number of carbonyl (C=O) groups is 2. The second-order valence-electron chi connectivity index (χ2n) is 7.76. The summed E-state index contributed by atoms with van der Waals surface area (Å²) in [4.78, 5) is 28.8. The predicted molar refractivity (Wildman–Crippen MR) is 125 cm³/mol. The second-order valence-corrected chi connectivity index (χ2v) is 8.96. The first-order valence-electron chi connectivity index (χ1n) is 10.5. The average Bonchev–Trinajstić information content (AvgIpc) is 3.31. The van der Waals surface area contributed by atoms with Crippen LogP contribution in [0.4, 0.5) is 15.6 Å². The van der Waals surface area contributed by atoms with Gasteiger partial charge in [0.2, 0.25) is 0 Å². The van der Waals surface area contributed by atoms with Crippen molar-refractivity contribution in [3.05, 3.63) is 70.2 Å². The number of carbonyl (C=O) groups excluding carboxylic acids is 1. The summed E-state index contributed by atoms with van der Waals surface area (Å²) in [7, 11) is 0. The summed E-state index contributed by atoms with van der Waals surface area (Å²) in [5.41, 5.74) is 3.91. The smallest absolute Gasteiger partial charge is 0.325 e. The maximum Gasteiger partial charge on any atom is 0.325 e. The number of amides is 2. The van der Waals surface area contributed by atoms with Crippen LogP contribution in [0.1, 0.15) is 40.5 Å². The Kier molecular flexibility index (Phi) is 6.70. The standard InChI is InChI=1S/C24H25N3O4S/c1-15-21(26-24(32-15)27-23(30)25-18-5-3-2-4-6-18)11-12-31-19-9-10-20-16(13-19)7-8-17(20)14-22(28)29/h2-6,9-10,13,17H,7-8,11-12,14H2,1H3,(H,28,29)(H2,25,26,27,30). The number of carboxylic acid groups (broad SMARTS) is 1. The van der Waals surface area contributed by atoms with Gasteiger partial charge in [-0.3, -0.25) is 10.1 Å². The van der Waals surface area contributed by atoms with Crippen molar-refractivity contribution in [3.8, 4) is 5.75 Å². The normalized spacial score (nSPS) is 14.6. The molecule has 0 aliphatic heterocycles. The number of rotatable bonds is 8. The van der Waals surface area contributed by atoms with Crippen molar-refractivity contribution in [1.82, 2.24) is 4.98 Å². The number of aryl methyl sites for hydroxylation is 2. The van der Waals surface area contributed by atoms with Crippen LogP contribution in [-0.2, 0) is 17.6 Å². The quantitative estimate of drug-likeness (QED) is 0.436. The molecular weight excluding hydrogens is 426 g/mol. The van der Waals surface area contributed by atoms with Crippen LogP contribution < -0.4 is 15.4 Å². The maximum absolute atomic E-state index is 12.2. The van der Waals surface area contributed by atoms with Crippen LogP contribution in [0.15, 0.2) is 48.5 Å². The first-order chi connectivity index (χ1) is 15.5. The summed E-state index contributed by atoms with van der Waals surface area (Å²) in [6.45, 7) is 2.45. The monoisotopic (exact) mass is 451 g/mol. The van der Waals surface area contributed by atoms with Gasteiger partial charge in [-0.15, -0.1) is 11.3 Å². The SMILES string of the molecule is Cc1sc(NC(=O)Nc2ccccc2)nc1CCOc1ccc2c(c1)CCC2CC(=O)O. The lowest BCUT2D eigenvalue weighted by molar-refractivity contribution is -0.137. The van der Waals surface area contributed by atoms with Gasteiger partial charge >= 0.3 is 12.0 Å². The molecule has 0 fully saturated rings. The minimum atomic E-state index is -0.756. The van der Waals surface area contributed by atoms with E-state index in [0.29, 0.717) is 18.2 Å². The number of aliphatic carboxylic acids is 1. The van der Waals surface area contributed by atoms with Gasteiger partial charge in [0.15, 0.2) is 5.13 Å². The number of fused-ring (bicyclic) bond motifs is 1. The molecule has 0 radical (unpaired) electrons. The van der Waals surface area contributed by atoms with Crippen LogP contribution in [-0.4, -0.2) is 28.7 Å². The molecule has 0 saturated heterocycles. The Morgan fingerprint density at radius 2 is 2.00 bits per heavy atom. The molecule has 2 amide bonds. The lowest BCUT2D eigenvalue weighted by Gasteiger charge is -2.10. The number of hydrogen-bond donors (Lipinski definition) is 3. The van der Waals surface area contributed by atoms with E-state index in [9.17, 15) is 9.59 Å². The fraction of sp³-hybridized carbons (Fsp3) is 0.292. The van der Waals surface area contributed by atoms with Gasteiger partial charge in [-0.2, -0.15) is 0 Å². The van der Waals surface area contributed by atoms with Gasteiger partial charge in [-0.05, 0) is 61.1 Å². The second kappa shape index (κ2) is 9.82. The number of para-hydroxylation sites is 1. The van der Waals surface area contributed by atoms with E-state index in [1.165, 1.54) is 16.9 Å². The highest BCUT2D eigenvalue weighted by Crippen LogP contribution is 2.37. The highest BCUT2D eigenvalue weighted by atomic mass is 32.1. The van der Waals surface area contributed by atoms with Gasteiger partial charge in [-0.25, -0.2) is 9.78 Å². The van der Waals surface area contributed by atoms with E-state index in [1.54, 1.807) is 0 Å². The zero-order valence-corrected chi connectivity index (χ0v) is 18.6. The molecule has 1 heterocycles. The Morgan fingerprint density at radius 1 is 1.19 bits per heavy atom. The number of aromatic nitrogens is 1. The van der Waals surface area contributed by atoms with Gasteiger partial charge in [0, 0.05) is 17.0 Å². The van der Waals surface area contributed by atoms with Crippen molar-refractivity contribution in [3.63, 3.8) is 0 Å². The van der Waals surface area contributed by atoms with Crippen molar-refractivity contribution in [2.24, 2.45) is 0 Å². The number of anilines is 2. The van der Waals surface area contributed by atoms with Crippen LogP contribution in [0.2, 0.25) is 0 Å². The van der Waals surface area contributed by atoms with Crippen molar-refractivity contribution < 1.29 is 19.4 Å². The fourth-order valence-electron chi connectivity index (χ4n) is 3.95. The molecule has 3 aromatic rings. The Hall–Kier alpha value is -3.39. The Balaban J connectivity index is 1.29. The predicted octanol–water partition coefficient (Wildman–Crippen LogP) is 5.22.